The van der Waals surface area contributed by atoms with Crippen molar-refractivity contribution in [3.63, 3.8) is 0 Å². The molecular weight excluding hydrogens is 232 g/mol. The Labute approximate surface area is 106 Å². The van der Waals surface area contributed by atoms with Gasteiger partial charge in [0.15, 0.2) is 11.5 Å². The normalized spacial score (nSPS) is 10.4. The van der Waals surface area contributed by atoms with Crippen LogP contribution in [0.25, 0.3) is 6.08 Å². The molecule has 1 aromatic carbocycles. The van der Waals surface area contributed by atoms with Crippen molar-refractivity contribution in [3.05, 3.63) is 29.3 Å². The number of hydrogen-bond acceptors (Lipinski definition) is 4. The van der Waals surface area contributed by atoms with E-state index in [-0.39, 0.29) is 5.57 Å². The average molecular weight is 246 g/mol. The van der Waals surface area contributed by atoms with E-state index in [9.17, 15) is 4.79 Å². The zero-order chi connectivity index (χ0) is 13.5. The molecule has 1 aromatic rings. The number of likely N-dealkylation sites (N-methyl/N-ethyl adjacent to an activating group) is 1. The molecule has 0 unspecified atom stereocenters. The van der Waals surface area contributed by atoms with Crippen molar-refractivity contribution in [2.45, 2.75) is 0 Å². The lowest BCUT2D eigenvalue weighted by Gasteiger charge is -2.10. The van der Waals surface area contributed by atoms with Crippen LogP contribution in [-0.4, -0.2) is 27.2 Å². The zero-order valence-electron chi connectivity index (χ0n) is 10.5. The smallest absolute Gasteiger partial charge is 0.261 e. The van der Waals surface area contributed by atoms with E-state index in [0.717, 1.165) is 0 Å². The van der Waals surface area contributed by atoms with Gasteiger partial charge in [-0.25, -0.2) is 0 Å². The van der Waals surface area contributed by atoms with Crippen LogP contribution in [0.15, 0.2) is 23.8 Å². The maximum Gasteiger partial charge on any atom is 0.261 e. The number of carbonyl (C=O) groups is 1. The second kappa shape index (κ2) is 6.30. The first-order valence-electron chi connectivity index (χ1n) is 5.22. The Balaban J connectivity index is 3.29. The summed E-state index contributed by atoms with van der Waals surface area (Å²) in [7, 11) is 4.49. The predicted octanol–water partition coefficient (Wildman–Crippen LogP) is 1.36. The topological polar surface area (TPSA) is 71.4 Å². The Hall–Kier alpha value is -2.48. The van der Waals surface area contributed by atoms with Crippen molar-refractivity contribution in [2.24, 2.45) is 0 Å². The molecule has 0 bridgehead atoms. The lowest BCUT2D eigenvalue weighted by atomic mass is 10.1. The lowest BCUT2D eigenvalue weighted by molar-refractivity contribution is -0.116. The first-order valence-corrected chi connectivity index (χ1v) is 5.22. The highest BCUT2D eigenvalue weighted by Gasteiger charge is 2.11. The number of benzene rings is 1. The highest BCUT2D eigenvalue weighted by atomic mass is 16.5. The van der Waals surface area contributed by atoms with Gasteiger partial charge >= 0.3 is 0 Å². The van der Waals surface area contributed by atoms with Crippen LogP contribution in [0.4, 0.5) is 0 Å². The summed E-state index contributed by atoms with van der Waals surface area (Å²) in [5.74, 6) is 0.583. The highest BCUT2D eigenvalue weighted by Crippen LogP contribution is 2.32. The number of ether oxygens (including phenoxy) is 2. The van der Waals surface area contributed by atoms with Crippen LogP contribution in [0, 0.1) is 11.3 Å². The summed E-state index contributed by atoms with van der Waals surface area (Å²) < 4.78 is 10.4. The Morgan fingerprint density at radius 1 is 1.39 bits per heavy atom. The molecule has 0 spiro atoms. The maximum atomic E-state index is 11.4. The molecule has 5 heteroatoms. The minimum absolute atomic E-state index is 0.00375. The van der Waals surface area contributed by atoms with Gasteiger partial charge in [-0.05, 0) is 12.1 Å². The minimum atomic E-state index is -0.442. The fourth-order valence-corrected chi connectivity index (χ4v) is 1.46. The van der Waals surface area contributed by atoms with Gasteiger partial charge in [0, 0.05) is 12.6 Å². The van der Waals surface area contributed by atoms with Gasteiger partial charge < -0.3 is 14.8 Å². The van der Waals surface area contributed by atoms with E-state index in [2.05, 4.69) is 5.32 Å². The Morgan fingerprint density at radius 2 is 2.11 bits per heavy atom. The Kier molecular flexibility index (Phi) is 4.76. The van der Waals surface area contributed by atoms with Gasteiger partial charge in [-0.3, -0.25) is 4.79 Å². The molecule has 0 fully saturated rings. The average Bonchev–Trinajstić information content (AvgIpc) is 2.43. The maximum absolute atomic E-state index is 11.4. The van der Waals surface area contributed by atoms with Gasteiger partial charge in [-0.15, -0.1) is 0 Å². The van der Waals surface area contributed by atoms with E-state index in [1.165, 1.54) is 27.3 Å². The van der Waals surface area contributed by atoms with Crippen LogP contribution < -0.4 is 14.8 Å². The van der Waals surface area contributed by atoms with Crippen molar-refractivity contribution in [1.29, 1.82) is 5.26 Å². The monoisotopic (exact) mass is 246 g/mol. The first-order chi connectivity index (χ1) is 8.67. The molecule has 0 aliphatic carbocycles. The van der Waals surface area contributed by atoms with Crippen LogP contribution >= 0.6 is 0 Å². The number of nitrogens with zero attached hydrogens (tertiary/aromatic N) is 1. The van der Waals surface area contributed by atoms with Crippen LogP contribution in [0.5, 0.6) is 11.5 Å². The third kappa shape index (κ3) is 2.80. The number of para-hydroxylation sites is 1. The van der Waals surface area contributed by atoms with Crippen molar-refractivity contribution < 1.29 is 14.3 Å². The molecule has 0 saturated carbocycles. The van der Waals surface area contributed by atoms with E-state index < -0.39 is 5.91 Å². The Morgan fingerprint density at radius 3 is 2.61 bits per heavy atom. The van der Waals surface area contributed by atoms with Gasteiger partial charge in [0.2, 0.25) is 0 Å². The molecule has 0 radical (unpaired) electrons. The molecule has 94 valence electrons. The van der Waals surface area contributed by atoms with Gasteiger partial charge in [0.05, 0.1) is 14.2 Å². The van der Waals surface area contributed by atoms with E-state index in [1.807, 2.05) is 6.07 Å². The molecule has 18 heavy (non-hydrogen) atoms. The van der Waals surface area contributed by atoms with Crippen LogP contribution in [0.2, 0.25) is 0 Å². The van der Waals surface area contributed by atoms with Crippen LogP contribution in [-0.2, 0) is 4.79 Å². The fraction of sp³-hybridized carbons (Fsp3) is 0.231. The SMILES string of the molecule is CNC(=O)/C(C#N)=C\c1cccc(OC)c1OC. The molecule has 5 nitrogen and oxygen atoms in total. The Bertz CT molecular complexity index is 515. The van der Waals surface area contributed by atoms with Crippen molar-refractivity contribution in [3.8, 4) is 17.6 Å². The van der Waals surface area contributed by atoms with Gasteiger partial charge in [0.1, 0.15) is 11.6 Å². The number of nitriles is 1. The summed E-state index contributed by atoms with van der Waals surface area (Å²) in [6.45, 7) is 0. The summed E-state index contributed by atoms with van der Waals surface area (Å²) in [4.78, 5) is 11.4. The quantitative estimate of drug-likeness (QED) is 0.643. The van der Waals surface area contributed by atoms with E-state index in [4.69, 9.17) is 14.7 Å². The number of rotatable bonds is 4. The summed E-state index contributed by atoms with van der Waals surface area (Å²) in [6.07, 6.45) is 1.46. The van der Waals surface area contributed by atoms with Gasteiger partial charge in [0.25, 0.3) is 5.91 Å². The van der Waals surface area contributed by atoms with Gasteiger partial charge in [-0.2, -0.15) is 5.26 Å². The molecule has 1 N–H and O–H groups in total. The summed E-state index contributed by atoms with van der Waals surface area (Å²) in [5, 5.41) is 11.3. The highest BCUT2D eigenvalue weighted by molar-refractivity contribution is 6.01. The zero-order valence-corrected chi connectivity index (χ0v) is 10.5. The number of methoxy groups -OCH3 is 2. The molecule has 0 aliphatic heterocycles. The summed E-state index contributed by atoms with van der Waals surface area (Å²) in [6, 6.07) is 7.07. The first kappa shape index (κ1) is 13.6. The third-order valence-electron chi connectivity index (χ3n) is 2.33. The van der Waals surface area contributed by atoms with Crippen molar-refractivity contribution in [1.82, 2.24) is 5.32 Å². The molecule has 0 aromatic heterocycles. The molecule has 1 rings (SSSR count). The summed E-state index contributed by atoms with van der Waals surface area (Å²) >= 11 is 0. The van der Waals surface area contributed by atoms with Crippen molar-refractivity contribution in [2.75, 3.05) is 21.3 Å². The van der Waals surface area contributed by atoms with E-state index in [1.54, 1.807) is 18.2 Å². The minimum Gasteiger partial charge on any atom is -0.493 e. The van der Waals surface area contributed by atoms with Crippen LogP contribution in [0.3, 0.4) is 0 Å². The lowest BCUT2D eigenvalue weighted by Crippen LogP contribution is -2.19. The third-order valence-corrected chi connectivity index (χ3v) is 2.33. The van der Waals surface area contributed by atoms with E-state index in [0.29, 0.717) is 17.1 Å². The molecule has 1 amide bonds. The second-order valence-electron chi connectivity index (χ2n) is 3.33. The molecule has 0 atom stereocenters. The standard InChI is InChI=1S/C13H14N2O3/c1-15-13(16)10(8-14)7-9-5-4-6-11(17-2)12(9)18-3/h4-7H,1-3H3,(H,15,16)/b10-7-. The molecular formula is C13H14N2O3. The number of hydrogen-bond donors (Lipinski definition) is 1. The largest absolute Gasteiger partial charge is 0.493 e. The van der Waals surface area contributed by atoms with E-state index >= 15 is 0 Å². The van der Waals surface area contributed by atoms with Crippen molar-refractivity contribution >= 4 is 12.0 Å². The number of amides is 1. The number of carbonyl (C=O) groups excluding carboxylic acids is 1. The predicted molar refractivity (Wildman–Crippen MR) is 67.2 cm³/mol. The van der Waals surface area contributed by atoms with Crippen LogP contribution in [0.1, 0.15) is 5.56 Å². The molecule has 0 heterocycles. The molecule has 0 aliphatic rings. The fourth-order valence-electron chi connectivity index (χ4n) is 1.46. The van der Waals surface area contributed by atoms with Gasteiger partial charge in [-0.1, -0.05) is 12.1 Å². The second-order valence-corrected chi connectivity index (χ2v) is 3.33. The number of nitrogens with one attached hydrogen (secondary N) is 1. The molecule has 0 saturated heterocycles. The summed E-state index contributed by atoms with van der Waals surface area (Å²) in [5.41, 5.74) is 0.612.